The molecular formula is C43H55F3N4O7. The van der Waals surface area contributed by atoms with Crippen molar-refractivity contribution in [3.05, 3.63) is 114 Å². The summed E-state index contributed by atoms with van der Waals surface area (Å²) in [6.45, 7) is 10.0. The highest BCUT2D eigenvalue weighted by atomic mass is 19.4. The number of ketones is 1. The average Bonchev–Trinajstić information content (AvgIpc) is 3.16. The van der Waals surface area contributed by atoms with Crippen molar-refractivity contribution in [1.82, 2.24) is 10.6 Å². The number of aromatic hydroxyl groups is 1. The van der Waals surface area contributed by atoms with Crippen LogP contribution in [0.5, 0.6) is 17.2 Å². The first kappa shape index (κ1) is 47.7. The van der Waals surface area contributed by atoms with Crippen molar-refractivity contribution in [2.24, 2.45) is 0 Å². The number of aliphatic hydroxyl groups excluding tert-OH is 1. The third-order valence-electron chi connectivity index (χ3n) is 7.79. The zero-order valence-electron chi connectivity index (χ0n) is 33.3. The SMILES string of the molecule is CC(=O)Nc1ccc(O)cc1.CCCC(=O)Nc1ccc(OCC(O)CNC(C)C)c(C(C)=O)c1.CNCCC(Oc1ccc(C(F)(F)F)cc1)c1ccccc1. The van der Waals surface area contributed by atoms with Crippen LogP contribution in [0.3, 0.4) is 0 Å². The Hall–Kier alpha value is -5.44. The van der Waals surface area contributed by atoms with Crippen LogP contribution in [0.2, 0.25) is 0 Å². The number of alkyl halides is 3. The molecule has 2 unspecified atom stereocenters. The molecule has 0 saturated carbocycles. The van der Waals surface area contributed by atoms with Crippen molar-refractivity contribution in [1.29, 1.82) is 0 Å². The molecule has 310 valence electrons. The van der Waals surface area contributed by atoms with Crippen LogP contribution in [0.4, 0.5) is 24.5 Å². The lowest BCUT2D eigenvalue weighted by Crippen LogP contribution is -2.35. The maximum Gasteiger partial charge on any atom is 0.416 e. The topological polar surface area (TPSA) is 158 Å². The maximum atomic E-state index is 12.6. The summed E-state index contributed by atoms with van der Waals surface area (Å²) in [5.41, 5.74) is 1.96. The minimum atomic E-state index is -4.33. The van der Waals surface area contributed by atoms with Gasteiger partial charge in [-0.05, 0) is 99.2 Å². The van der Waals surface area contributed by atoms with Crippen LogP contribution in [0.15, 0.2) is 97.1 Å². The second-order valence-electron chi connectivity index (χ2n) is 13.3. The summed E-state index contributed by atoms with van der Waals surface area (Å²) in [5.74, 6) is 0.662. The summed E-state index contributed by atoms with van der Waals surface area (Å²) in [6, 6.07) is 25.9. The van der Waals surface area contributed by atoms with Gasteiger partial charge >= 0.3 is 6.18 Å². The number of anilines is 2. The van der Waals surface area contributed by atoms with Gasteiger partial charge in [-0.3, -0.25) is 14.4 Å². The fourth-order valence-corrected chi connectivity index (χ4v) is 4.95. The number of halogens is 3. The summed E-state index contributed by atoms with van der Waals surface area (Å²) in [4.78, 5) is 34.0. The highest BCUT2D eigenvalue weighted by Crippen LogP contribution is 2.32. The lowest BCUT2D eigenvalue weighted by molar-refractivity contribution is -0.137. The van der Waals surface area contributed by atoms with Crippen molar-refractivity contribution >= 4 is 29.0 Å². The van der Waals surface area contributed by atoms with Gasteiger partial charge in [-0.15, -0.1) is 0 Å². The molecule has 2 amide bonds. The summed E-state index contributed by atoms with van der Waals surface area (Å²) in [6.07, 6.45) is -3.29. The van der Waals surface area contributed by atoms with Gasteiger partial charge in [-0.25, -0.2) is 0 Å². The molecule has 57 heavy (non-hydrogen) atoms. The molecule has 0 saturated heterocycles. The Morgan fingerprint density at radius 2 is 1.47 bits per heavy atom. The normalized spacial score (nSPS) is 11.8. The van der Waals surface area contributed by atoms with Crippen molar-refractivity contribution in [2.45, 2.75) is 78.3 Å². The predicted molar refractivity (Wildman–Crippen MR) is 217 cm³/mol. The highest BCUT2D eigenvalue weighted by Gasteiger charge is 2.30. The summed E-state index contributed by atoms with van der Waals surface area (Å²) in [5, 5.41) is 30.3. The number of hydrogen-bond donors (Lipinski definition) is 6. The number of rotatable bonds is 17. The standard InChI is InChI=1S/C18H28N2O4.C17H18F3NO.C8H9NO2/c1-5-6-18(23)20-14-7-8-17(16(9-14)13(4)21)24-11-15(22)10-19-12(2)3;1-21-12-11-16(13-5-3-2-4-6-13)22-15-9-7-14(8-10-15)17(18,19)20;1-6(10)9-7-2-4-8(11)5-3-7/h7-9,12,15,19,22H,5-6,10-11H2,1-4H3,(H,20,23);2-10,16,21H,11-12H2,1H3;2-5,11H,1H3,(H,9,10). The van der Waals surface area contributed by atoms with Gasteiger partial charge in [-0.2, -0.15) is 13.2 Å². The first-order valence-corrected chi connectivity index (χ1v) is 18.6. The van der Waals surface area contributed by atoms with Gasteiger partial charge in [0.1, 0.15) is 36.1 Å². The van der Waals surface area contributed by atoms with E-state index >= 15 is 0 Å². The van der Waals surface area contributed by atoms with Crippen LogP contribution in [0.1, 0.15) is 81.5 Å². The van der Waals surface area contributed by atoms with Gasteiger partial charge in [0.15, 0.2) is 5.78 Å². The van der Waals surface area contributed by atoms with Crippen molar-refractivity contribution in [3.63, 3.8) is 0 Å². The molecule has 4 aromatic carbocycles. The average molecular weight is 797 g/mol. The molecule has 11 nitrogen and oxygen atoms in total. The van der Waals surface area contributed by atoms with Crippen molar-refractivity contribution < 1.29 is 47.2 Å². The molecule has 0 spiro atoms. The highest BCUT2D eigenvalue weighted by molar-refractivity contribution is 5.99. The quantitative estimate of drug-likeness (QED) is 0.0458. The van der Waals surface area contributed by atoms with E-state index in [1.54, 1.807) is 30.3 Å². The Morgan fingerprint density at radius 3 is 2.02 bits per heavy atom. The van der Waals surface area contributed by atoms with Crippen LogP contribution < -0.4 is 30.7 Å². The number of aliphatic hydroxyl groups is 1. The van der Waals surface area contributed by atoms with Gasteiger partial charge in [0.25, 0.3) is 0 Å². The number of ether oxygens (including phenoxy) is 2. The van der Waals surface area contributed by atoms with Crippen LogP contribution in [0.25, 0.3) is 0 Å². The van der Waals surface area contributed by atoms with Crippen LogP contribution >= 0.6 is 0 Å². The zero-order valence-corrected chi connectivity index (χ0v) is 33.3. The maximum absolute atomic E-state index is 12.6. The third kappa shape index (κ3) is 19.3. The number of phenolic OH excluding ortho intramolecular Hbond substituents is 1. The second kappa shape index (κ2) is 24.9. The lowest BCUT2D eigenvalue weighted by Gasteiger charge is -2.20. The number of carbonyl (C=O) groups excluding carboxylic acids is 3. The largest absolute Gasteiger partial charge is 0.508 e. The van der Waals surface area contributed by atoms with E-state index in [9.17, 15) is 32.7 Å². The number of hydrogen-bond acceptors (Lipinski definition) is 9. The Balaban J connectivity index is 0.000000314. The number of phenols is 1. The van der Waals surface area contributed by atoms with Gasteiger partial charge in [-0.1, -0.05) is 51.1 Å². The molecule has 4 aromatic rings. The Kier molecular flexibility index (Phi) is 20.9. The fourth-order valence-electron chi connectivity index (χ4n) is 4.95. The molecule has 0 bridgehead atoms. The van der Waals surface area contributed by atoms with E-state index in [0.29, 0.717) is 41.4 Å². The van der Waals surface area contributed by atoms with E-state index in [1.165, 1.54) is 38.1 Å². The molecule has 0 fully saturated rings. The van der Waals surface area contributed by atoms with E-state index in [1.807, 2.05) is 58.2 Å². The minimum Gasteiger partial charge on any atom is -0.508 e. The Bertz CT molecular complexity index is 1790. The number of Topliss-reactive ketones (excluding diaryl/α,β-unsaturated/α-hetero) is 1. The first-order chi connectivity index (χ1) is 27.0. The number of nitrogens with one attached hydrogen (secondary N) is 4. The number of amides is 2. The molecule has 0 aromatic heterocycles. The third-order valence-corrected chi connectivity index (χ3v) is 7.79. The van der Waals surface area contributed by atoms with Crippen LogP contribution in [-0.2, 0) is 15.8 Å². The Morgan fingerprint density at radius 1 is 0.842 bits per heavy atom. The van der Waals surface area contributed by atoms with E-state index in [2.05, 4.69) is 21.3 Å². The van der Waals surface area contributed by atoms with E-state index in [0.717, 1.165) is 37.1 Å². The van der Waals surface area contributed by atoms with Gasteiger partial charge in [0.05, 0.1) is 11.1 Å². The first-order valence-electron chi connectivity index (χ1n) is 18.6. The number of benzene rings is 4. The molecular weight excluding hydrogens is 741 g/mol. The minimum absolute atomic E-state index is 0.0849. The summed E-state index contributed by atoms with van der Waals surface area (Å²) < 4.78 is 49.1. The molecule has 0 aliphatic carbocycles. The van der Waals surface area contributed by atoms with Crippen LogP contribution in [-0.4, -0.2) is 66.7 Å². The molecule has 0 heterocycles. The summed E-state index contributed by atoms with van der Waals surface area (Å²) >= 11 is 0. The molecule has 6 N–H and O–H groups in total. The van der Waals surface area contributed by atoms with Crippen molar-refractivity contribution in [3.8, 4) is 17.2 Å². The fraction of sp³-hybridized carbons (Fsp3) is 0.372. The second-order valence-corrected chi connectivity index (χ2v) is 13.3. The van der Waals surface area contributed by atoms with Gasteiger partial charge < -0.3 is 41.0 Å². The Labute approximate surface area is 333 Å². The molecule has 0 aliphatic heterocycles. The van der Waals surface area contributed by atoms with E-state index < -0.39 is 17.8 Å². The van der Waals surface area contributed by atoms with E-state index in [-0.39, 0.29) is 42.1 Å². The molecule has 0 radical (unpaired) electrons. The van der Waals surface area contributed by atoms with Crippen LogP contribution in [0, 0.1) is 0 Å². The summed E-state index contributed by atoms with van der Waals surface area (Å²) in [7, 11) is 1.85. The zero-order chi connectivity index (χ0) is 42.4. The molecule has 14 heteroatoms. The van der Waals surface area contributed by atoms with Crippen molar-refractivity contribution in [2.75, 3.05) is 37.4 Å². The van der Waals surface area contributed by atoms with Gasteiger partial charge in [0, 0.05) is 43.7 Å². The van der Waals surface area contributed by atoms with E-state index in [4.69, 9.17) is 14.6 Å². The monoisotopic (exact) mass is 796 g/mol. The smallest absolute Gasteiger partial charge is 0.416 e. The number of carbonyl (C=O) groups is 3. The lowest BCUT2D eigenvalue weighted by atomic mass is 10.1. The molecule has 2 atom stereocenters. The molecule has 0 aliphatic rings. The molecule has 4 rings (SSSR count). The van der Waals surface area contributed by atoms with Gasteiger partial charge in [0.2, 0.25) is 11.8 Å². The predicted octanol–water partition coefficient (Wildman–Crippen LogP) is 8.15.